The zero-order valence-electron chi connectivity index (χ0n) is 13.2. The third-order valence-corrected chi connectivity index (χ3v) is 4.17. The van der Waals surface area contributed by atoms with E-state index in [1.54, 1.807) is 0 Å². The predicted molar refractivity (Wildman–Crippen MR) is 98.6 cm³/mol. The molecule has 1 N–H and O–H groups in total. The van der Waals surface area contributed by atoms with Gasteiger partial charge in [0.2, 0.25) is 5.91 Å². The lowest BCUT2D eigenvalue weighted by Gasteiger charge is -2.34. The fourth-order valence-corrected chi connectivity index (χ4v) is 2.97. The summed E-state index contributed by atoms with van der Waals surface area (Å²) in [5, 5.41) is 4.47. The first kappa shape index (κ1) is 19.7. The Hall–Kier alpha value is -1.36. The number of nitrogens with zero attached hydrogens (tertiary/aromatic N) is 2. The maximum Gasteiger partial charge on any atom is 0.223 e. The first-order chi connectivity index (χ1) is 10.3. The van der Waals surface area contributed by atoms with Gasteiger partial charge in [-0.3, -0.25) is 9.78 Å². The first-order valence-electron chi connectivity index (χ1n) is 7.58. The lowest BCUT2D eigenvalue weighted by Crippen LogP contribution is -2.52. The normalized spacial score (nSPS) is 17.3. The smallest absolute Gasteiger partial charge is 0.223 e. The van der Waals surface area contributed by atoms with Crippen LogP contribution in [0.5, 0.6) is 0 Å². The Bertz CT molecular complexity index is 645. The topological polar surface area (TPSA) is 45.2 Å². The second-order valence-corrected chi connectivity index (χ2v) is 5.63. The number of rotatable bonds is 3. The van der Waals surface area contributed by atoms with E-state index in [1.165, 1.54) is 5.56 Å². The van der Waals surface area contributed by atoms with Gasteiger partial charge in [0.15, 0.2) is 0 Å². The quantitative estimate of drug-likeness (QED) is 0.920. The van der Waals surface area contributed by atoms with Crippen LogP contribution in [0.25, 0.3) is 10.9 Å². The van der Waals surface area contributed by atoms with Crippen molar-refractivity contribution in [2.45, 2.75) is 25.8 Å². The van der Waals surface area contributed by atoms with Crippen molar-refractivity contribution < 1.29 is 4.79 Å². The lowest BCUT2D eigenvalue weighted by atomic mass is 10.0. The molecule has 1 aliphatic rings. The molecule has 1 saturated heterocycles. The highest BCUT2D eigenvalue weighted by molar-refractivity contribution is 5.85. The molecule has 0 radical (unpaired) electrons. The summed E-state index contributed by atoms with van der Waals surface area (Å²) in [5.74, 6) is 0.255. The third-order valence-electron chi connectivity index (χ3n) is 4.17. The number of carbonyl (C=O) groups excluding carboxylic acids is 1. The van der Waals surface area contributed by atoms with Gasteiger partial charge in [-0.05, 0) is 31.0 Å². The monoisotopic (exact) mass is 355 g/mol. The summed E-state index contributed by atoms with van der Waals surface area (Å²) in [4.78, 5) is 18.8. The van der Waals surface area contributed by atoms with Crippen molar-refractivity contribution in [3.63, 3.8) is 0 Å². The van der Waals surface area contributed by atoms with Gasteiger partial charge in [0.1, 0.15) is 0 Å². The molecule has 0 bridgehead atoms. The average Bonchev–Trinajstić information content (AvgIpc) is 2.53. The van der Waals surface area contributed by atoms with Crippen LogP contribution in [0.4, 0.5) is 0 Å². The molecule has 1 aromatic carbocycles. The molecule has 126 valence electrons. The maximum atomic E-state index is 12.4. The van der Waals surface area contributed by atoms with E-state index in [-0.39, 0.29) is 30.7 Å². The van der Waals surface area contributed by atoms with Crippen LogP contribution in [-0.4, -0.2) is 41.5 Å². The van der Waals surface area contributed by atoms with Crippen LogP contribution in [0.2, 0.25) is 0 Å². The van der Waals surface area contributed by atoms with Crippen molar-refractivity contribution in [3.05, 3.63) is 42.1 Å². The summed E-state index contributed by atoms with van der Waals surface area (Å²) in [5.41, 5.74) is 2.20. The molecule has 1 fully saturated rings. The zero-order valence-corrected chi connectivity index (χ0v) is 14.8. The van der Waals surface area contributed by atoms with E-state index >= 15 is 0 Å². The summed E-state index contributed by atoms with van der Waals surface area (Å²) in [7, 11) is 0. The molecule has 1 aliphatic heterocycles. The van der Waals surface area contributed by atoms with Crippen molar-refractivity contribution in [1.29, 1.82) is 0 Å². The number of halogens is 2. The molecule has 1 atom stereocenters. The largest absolute Gasteiger partial charge is 0.337 e. The summed E-state index contributed by atoms with van der Waals surface area (Å²) in [6.07, 6.45) is 3.17. The molecule has 0 aliphatic carbocycles. The number of aromatic nitrogens is 1. The standard InChI is InChI=1S/C17H21N3O.2ClH/c1-13-12-18-10-11-20(13)17(21)7-6-14-8-9-19-16-5-3-2-4-15(14)16;;/h2-5,8-9,13,18H,6-7,10-12H2,1H3;2*1H/t13-;;/m1../s1. The van der Waals surface area contributed by atoms with Gasteiger partial charge < -0.3 is 10.2 Å². The Morgan fingerprint density at radius 2 is 2.09 bits per heavy atom. The highest BCUT2D eigenvalue weighted by Crippen LogP contribution is 2.18. The van der Waals surface area contributed by atoms with Crippen molar-refractivity contribution >= 4 is 41.6 Å². The molecular weight excluding hydrogens is 333 g/mol. The molecule has 3 rings (SSSR count). The molecule has 6 heteroatoms. The number of amides is 1. The van der Waals surface area contributed by atoms with Crippen molar-refractivity contribution in [2.75, 3.05) is 19.6 Å². The van der Waals surface area contributed by atoms with Crippen LogP contribution in [0.3, 0.4) is 0 Å². The molecule has 1 amide bonds. The summed E-state index contributed by atoms with van der Waals surface area (Å²) < 4.78 is 0. The molecule has 23 heavy (non-hydrogen) atoms. The zero-order chi connectivity index (χ0) is 14.7. The van der Waals surface area contributed by atoms with Crippen molar-refractivity contribution in [3.8, 4) is 0 Å². The number of hydrogen-bond acceptors (Lipinski definition) is 3. The Morgan fingerprint density at radius 3 is 2.87 bits per heavy atom. The van der Waals surface area contributed by atoms with Crippen LogP contribution in [0, 0.1) is 0 Å². The fraction of sp³-hybridized carbons (Fsp3) is 0.412. The van der Waals surface area contributed by atoms with Crippen molar-refractivity contribution in [2.24, 2.45) is 0 Å². The first-order valence-corrected chi connectivity index (χ1v) is 7.58. The summed E-state index contributed by atoms with van der Waals surface area (Å²) in [6, 6.07) is 10.4. The van der Waals surface area contributed by atoms with Crippen LogP contribution in [0.15, 0.2) is 36.5 Å². The Balaban J connectivity index is 0.00000132. The molecule has 0 unspecified atom stereocenters. The fourth-order valence-electron chi connectivity index (χ4n) is 2.97. The minimum Gasteiger partial charge on any atom is -0.337 e. The minimum absolute atomic E-state index is 0. The molecule has 1 aromatic heterocycles. The van der Waals surface area contributed by atoms with Crippen molar-refractivity contribution in [1.82, 2.24) is 15.2 Å². The van der Waals surface area contributed by atoms with Crippen LogP contribution in [-0.2, 0) is 11.2 Å². The van der Waals surface area contributed by atoms with Crippen LogP contribution < -0.4 is 5.32 Å². The Morgan fingerprint density at radius 1 is 1.30 bits per heavy atom. The van der Waals surface area contributed by atoms with Crippen LogP contribution in [0.1, 0.15) is 18.9 Å². The number of hydrogen-bond donors (Lipinski definition) is 1. The molecule has 2 heterocycles. The molecular formula is C17H23Cl2N3O. The van der Waals surface area contributed by atoms with Gasteiger partial charge in [0, 0.05) is 43.7 Å². The molecule has 0 spiro atoms. The molecule has 2 aromatic rings. The van der Waals surface area contributed by atoms with E-state index in [1.807, 2.05) is 35.4 Å². The van der Waals surface area contributed by atoms with Gasteiger partial charge in [0.25, 0.3) is 0 Å². The number of piperazine rings is 1. The number of para-hydroxylation sites is 1. The van der Waals surface area contributed by atoms with Crippen LogP contribution >= 0.6 is 24.8 Å². The molecule has 4 nitrogen and oxygen atoms in total. The van der Waals surface area contributed by atoms with Gasteiger partial charge in [-0.2, -0.15) is 0 Å². The average molecular weight is 356 g/mol. The van der Waals surface area contributed by atoms with Gasteiger partial charge in [-0.25, -0.2) is 0 Å². The van der Waals surface area contributed by atoms with E-state index in [0.717, 1.165) is 37.0 Å². The predicted octanol–water partition coefficient (Wildman–Crippen LogP) is 2.83. The lowest BCUT2D eigenvalue weighted by molar-refractivity contribution is -0.133. The van der Waals surface area contributed by atoms with Gasteiger partial charge in [-0.1, -0.05) is 18.2 Å². The number of fused-ring (bicyclic) bond motifs is 1. The van der Waals surface area contributed by atoms with E-state index in [4.69, 9.17) is 0 Å². The number of carbonyl (C=O) groups is 1. The maximum absolute atomic E-state index is 12.4. The van der Waals surface area contributed by atoms with Gasteiger partial charge in [-0.15, -0.1) is 24.8 Å². The Labute approximate surface area is 149 Å². The highest BCUT2D eigenvalue weighted by atomic mass is 35.5. The third kappa shape index (κ3) is 4.56. The number of nitrogens with one attached hydrogen (secondary N) is 1. The van der Waals surface area contributed by atoms with E-state index in [9.17, 15) is 4.79 Å². The number of pyridine rings is 1. The minimum atomic E-state index is 0. The van der Waals surface area contributed by atoms with E-state index < -0.39 is 0 Å². The number of benzene rings is 1. The molecule has 0 saturated carbocycles. The second-order valence-electron chi connectivity index (χ2n) is 5.63. The van der Waals surface area contributed by atoms with Gasteiger partial charge in [0.05, 0.1) is 5.52 Å². The summed E-state index contributed by atoms with van der Waals surface area (Å²) >= 11 is 0. The highest BCUT2D eigenvalue weighted by Gasteiger charge is 2.22. The summed E-state index contributed by atoms with van der Waals surface area (Å²) in [6.45, 7) is 4.71. The van der Waals surface area contributed by atoms with Gasteiger partial charge >= 0.3 is 0 Å². The number of aryl methyl sites for hydroxylation is 1. The van der Waals surface area contributed by atoms with E-state index in [0.29, 0.717) is 12.5 Å². The SMILES string of the molecule is C[C@@H]1CNCCN1C(=O)CCc1ccnc2ccccc12.Cl.Cl. The van der Waals surface area contributed by atoms with E-state index in [2.05, 4.69) is 23.3 Å². The Kier molecular flexibility index (Phi) is 7.76. The second kappa shape index (κ2) is 9.06.